The predicted octanol–water partition coefficient (Wildman–Crippen LogP) is 2.39. The lowest BCUT2D eigenvalue weighted by molar-refractivity contribution is 0.498. The molecule has 0 bridgehead atoms. The molecule has 0 fully saturated rings. The number of benzene rings is 1. The molecule has 2 rings (SSSR count). The van der Waals surface area contributed by atoms with Gasteiger partial charge >= 0.3 is 0 Å². The maximum atomic E-state index is 13.7. The highest BCUT2D eigenvalue weighted by Crippen LogP contribution is 2.28. The number of oxazole rings is 1. The van der Waals surface area contributed by atoms with Crippen LogP contribution >= 0.6 is 0 Å². The molecule has 0 aliphatic heterocycles. The lowest BCUT2D eigenvalue weighted by Crippen LogP contribution is -1.95. The Hall–Kier alpha value is -1.75. The molecule has 16 heavy (non-hydrogen) atoms. The van der Waals surface area contributed by atoms with Crippen molar-refractivity contribution in [1.29, 1.82) is 0 Å². The maximum absolute atomic E-state index is 13.7. The molecule has 2 N–H and O–H groups in total. The summed E-state index contributed by atoms with van der Waals surface area (Å²) in [5.74, 6) is -1.02. The zero-order valence-corrected chi connectivity index (χ0v) is 8.63. The summed E-state index contributed by atoms with van der Waals surface area (Å²) in [4.78, 5) is 3.80. The lowest BCUT2D eigenvalue weighted by atomic mass is 10.1. The van der Waals surface area contributed by atoms with Crippen molar-refractivity contribution in [2.75, 3.05) is 0 Å². The highest BCUT2D eigenvalue weighted by atomic mass is 19.1. The minimum absolute atomic E-state index is 0.0548. The second-order valence-electron chi connectivity index (χ2n) is 3.38. The van der Waals surface area contributed by atoms with Crippen LogP contribution in [0.2, 0.25) is 0 Å². The summed E-state index contributed by atoms with van der Waals surface area (Å²) in [5, 5.41) is 0. The van der Waals surface area contributed by atoms with Crippen LogP contribution in [0.3, 0.4) is 0 Å². The Morgan fingerprint density at radius 3 is 2.75 bits per heavy atom. The third kappa shape index (κ3) is 1.69. The van der Waals surface area contributed by atoms with Crippen LogP contribution in [0.1, 0.15) is 11.5 Å². The molecule has 3 nitrogen and oxygen atoms in total. The van der Waals surface area contributed by atoms with Crippen molar-refractivity contribution in [3.63, 3.8) is 0 Å². The highest BCUT2D eigenvalue weighted by Gasteiger charge is 2.17. The minimum atomic E-state index is -0.678. The summed E-state index contributed by atoms with van der Waals surface area (Å²) < 4.78 is 32.3. The standard InChI is InChI=1S/C11H10F2N2O/c1-6-2-3-7(12)10(11(6)13)8-5-15-9(4-14)16-8/h2-3,5H,4,14H2,1H3. The monoisotopic (exact) mass is 224 g/mol. The van der Waals surface area contributed by atoms with Gasteiger partial charge in [-0.2, -0.15) is 0 Å². The number of nitrogens with two attached hydrogens (primary N) is 1. The zero-order chi connectivity index (χ0) is 11.7. The van der Waals surface area contributed by atoms with Gasteiger partial charge < -0.3 is 10.2 Å². The van der Waals surface area contributed by atoms with Gasteiger partial charge in [-0.15, -0.1) is 0 Å². The van der Waals surface area contributed by atoms with Crippen molar-refractivity contribution in [3.05, 3.63) is 41.4 Å². The van der Waals surface area contributed by atoms with Gasteiger partial charge in [0.05, 0.1) is 18.3 Å². The largest absolute Gasteiger partial charge is 0.439 e. The highest BCUT2D eigenvalue weighted by molar-refractivity contribution is 5.59. The van der Waals surface area contributed by atoms with E-state index >= 15 is 0 Å². The number of aryl methyl sites for hydroxylation is 1. The van der Waals surface area contributed by atoms with Crippen LogP contribution in [0.25, 0.3) is 11.3 Å². The summed E-state index contributed by atoms with van der Waals surface area (Å²) in [6.07, 6.45) is 1.27. The molecule has 5 heteroatoms. The maximum Gasteiger partial charge on any atom is 0.208 e. The van der Waals surface area contributed by atoms with Gasteiger partial charge in [-0.1, -0.05) is 6.07 Å². The average Bonchev–Trinajstić information content (AvgIpc) is 2.73. The molecule has 84 valence electrons. The van der Waals surface area contributed by atoms with E-state index in [2.05, 4.69) is 4.98 Å². The van der Waals surface area contributed by atoms with Crippen LogP contribution in [0.4, 0.5) is 8.78 Å². The summed E-state index contributed by atoms with van der Waals surface area (Å²) >= 11 is 0. The van der Waals surface area contributed by atoms with Crippen LogP contribution in [0.15, 0.2) is 22.7 Å². The average molecular weight is 224 g/mol. The smallest absolute Gasteiger partial charge is 0.208 e. The van der Waals surface area contributed by atoms with Gasteiger partial charge in [0, 0.05) is 0 Å². The number of hydrogen-bond donors (Lipinski definition) is 1. The molecular formula is C11H10F2N2O. The Balaban J connectivity index is 2.58. The van der Waals surface area contributed by atoms with E-state index in [4.69, 9.17) is 10.2 Å². The van der Waals surface area contributed by atoms with Gasteiger partial charge in [-0.25, -0.2) is 13.8 Å². The summed E-state index contributed by atoms with van der Waals surface area (Å²) in [7, 11) is 0. The van der Waals surface area contributed by atoms with E-state index in [1.807, 2.05) is 0 Å². The summed E-state index contributed by atoms with van der Waals surface area (Å²) in [6.45, 7) is 1.65. The zero-order valence-electron chi connectivity index (χ0n) is 8.63. The Bertz CT molecular complexity index is 523. The molecular weight excluding hydrogens is 214 g/mol. The van der Waals surface area contributed by atoms with Crippen LogP contribution in [0.5, 0.6) is 0 Å². The van der Waals surface area contributed by atoms with Crippen molar-refractivity contribution in [2.24, 2.45) is 5.73 Å². The van der Waals surface area contributed by atoms with E-state index in [0.717, 1.165) is 0 Å². The lowest BCUT2D eigenvalue weighted by Gasteiger charge is -2.03. The Morgan fingerprint density at radius 1 is 1.38 bits per heavy atom. The fraction of sp³-hybridized carbons (Fsp3) is 0.182. The Kier molecular flexibility index (Phi) is 2.70. The topological polar surface area (TPSA) is 52.0 Å². The number of hydrogen-bond acceptors (Lipinski definition) is 3. The van der Waals surface area contributed by atoms with E-state index in [9.17, 15) is 8.78 Å². The molecule has 2 aromatic rings. The van der Waals surface area contributed by atoms with Crippen molar-refractivity contribution in [1.82, 2.24) is 4.98 Å². The van der Waals surface area contributed by atoms with Crippen LogP contribution in [-0.2, 0) is 6.54 Å². The van der Waals surface area contributed by atoms with Crippen LogP contribution in [-0.4, -0.2) is 4.98 Å². The van der Waals surface area contributed by atoms with Crippen molar-refractivity contribution in [3.8, 4) is 11.3 Å². The summed E-state index contributed by atoms with van der Waals surface area (Å²) in [6, 6.07) is 2.56. The van der Waals surface area contributed by atoms with E-state index in [1.165, 1.54) is 18.3 Å². The molecule has 1 heterocycles. The molecule has 0 aliphatic rings. The van der Waals surface area contributed by atoms with Crippen LogP contribution < -0.4 is 5.73 Å². The first-order chi connectivity index (χ1) is 7.63. The number of rotatable bonds is 2. The number of nitrogens with zero attached hydrogens (tertiary/aromatic N) is 1. The van der Waals surface area contributed by atoms with E-state index in [-0.39, 0.29) is 23.8 Å². The fourth-order valence-corrected chi connectivity index (χ4v) is 1.40. The number of aromatic nitrogens is 1. The van der Waals surface area contributed by atoms with Gasteiger partial charge in [0.15, 0.2) is 5.76 Å². The third-order valence-electron chi connectivity index (χ3n) is 2.26. The second-order valence-corrected chi connectivity index (χ2v) is 3.38. The van der Waals surface area contributed by atoms with Gasteiger partial charge in [-0.3, -0.25) is 0 Å². The van der Waals surface area contributed by atoms with Crippen molar-refractivity contribution < 1.29 is 13.2 Å². The van der Waals surface area contributed by atoms with Crippen LogP contribution in [0, 0.1) is 18.6 Å². The van der Waals surface area contributed by atoms with E-state index in [0.29, 0.717) is 5.56 Å². The fourth-order valence-electron chi connectivity index (χ4n) is 1.40. The SMILES string of the molecule is Cc1ccc(F)c(-c2cnc(CN)o2)c1F. The molecule has 0 saturated carbocycles. The third-order valence-corrected chi connectivity index (χ3v) is 2.26. The Labute approximate surface area is 90.9 Å². The first-order valence-electron chi connectivity index (χ1n) is 4.73. The van der Waals surface area contributed by atoms with Crippen molar-refractivity contribution >= 4 is 0 Å². The molecule has 0 unspecified atom stereocenters. The molecule has 0 radical (unpaired) electrons. The van der Waals surface area contributed by atoms with Crippen molar-refractivity contribution in [2.45, 2.75) is 13.5 Å². The van der Waals surface area contributed by atoms with E-state index in [1.54, 1.807) is 6.92 Å². The Morgan fingerprint density at radius 2 is 2.12 bits per heavy atom. The number of halogens is 2. The molecule has 0 aliphatic carbocycles. The molecule has 0 atom stereocenters. The van der Waals surface area contributed by atoms with Gasteiger partial charge in [0.2, 0.25) is 5.89 Å². The van der Waals surface area contributed by atoms with Gasteiger partial charge in [0.25, 0.3) is 0 Å². The molecule has 1 aromatic heterocycles. The van der Waals surface area contributed by atoms with E-state index < -0.39 is 11.6 Å². The van der Waals surface area contributed by atoms with Gasteiger partial charge in [0.1, 0.15) is 11.6 Å². The quantitative estimate of drug-likeness (QED) is 0.852. The molecule has 0 saturated heterocycles. The van der Waals surface area contributed by atoms with Gasteiger partial charge in [-0.05, 0) is 18.6 Å². The summed E-state index contributed by atoms with van der Waals surface area (Å²) in [5.41, 5.74) is 5.45. The minimum Gasteiger partial charge on any atom is -0.439 e. The first kappa shape index (κ1) is 10.8. The molecule has 0 spiro atoms. The molecule has 1 aromatic carbocycles. The first-order valence-corrected chi connectivity index (χ1v) is 4.73. The normalized spacial score (nSPS) is 10.8. The molecule has 0 amide bonds. The predicted molar refractivity (Wildman–Crippen MR) is 54.5 cm³/mol. The second kappa shape index (κ2) is 4.02.